The van der Waals surface area contributed by atoms with Crippen molar-refractivity contribution in [2.45, 2.75) is 19.9 Å². The van der Waals surface area contributed by atoms with Crippen molar-refractivity contribution < 1.29 is 14.8 Å². The topological polar surface area (TPSA) is 83.7 Å². The molecule has 108 valence electrons. The smallest absolute Gasteiger partial charge is 0.310 e. The zero-order valence-corrected chi connectivity index (χ0v) is 11.8. The molecule has 2 rings (SSSR count). The van der Waals surface area contributed by atoms with Crippen LogP contribution in [0.15, 0.2) is 18.2 Å². The summed E-state index contributed by atoms with van der Waals surface area (Å²) in [6, 6.07) is 4.43. The highest BCUT2D eigenvalue weighted by Crippen LogP contribution is 2.32. The maximum absolute atomic E-state index is 11.2. The van der Waals surface area contributed by atoms with Crippen LogP contribution in [0.4, 0.5) is 5.69 Å². The van der Waals surface area contributed by atoms with Gasteiger partial charge in [0.2, 0.25) is 0 Å². The molecule has 1 aromatic rings. The number of nitro benzene ring substituents is 1. The molecule has 0 radical (unpaired) electrons. The summed E-state index contributed by atoms with van der Waals surface area (Å²) in [4.78, 5) is 23.7. The van der Waals surface area contributed by atoms with Gasteiger partial charge in [0.1, 0.15) is 0 Å². The lowest BCUT2D eigenvalue weighted by Gasteiger charge is -2.20. The molecular weight excluding hydrogens is 284 g/mol. The summed E-state index contributed by atoms with van der Waals surface area (Å²) in [5, 5.41) is 20.6. The molecule has 1 aliphatic rings. The van der Waals surface area contributed by atoms with Crippen LogP contribution < -0.4 is 0 Å². The summed E-state index contributed by atoms with van der Waals surface area (Å²) < 4.78 is 0. The first-order valence-corrected chi connectivity index (χ1v) is 6.58. The van der Waals surface area contributed by atoms with Crippen LogP contribution in [0.25, 0.3) is 0 Å². The average molecular weight is 299 g/mol. The van der Waals surface area contributed by atoms with Gasteiger partial charge in [0.25, 0.3) is 5.69 Å². The molecule has 1 unspecified atom stereocenters. The Morgan fingerprint density at radius 1 is 1.60 bits per heavy atom. The summed E-state index contributed by atoms with van der Waals surface area (Å²) >= 11 is 5.88. The number of carboxylic acids is 1. The van der Waals surface area contributed by atoms with Crippen LogP contribution in [-0.2, 0) is 11.3 Å². The molecule has 0 aliphatic carbocycles. The Labute approximate surface area is 121 Å². The highest BCUT2D eigenvalue weighted by atomic mass is 35.5. The molecule has 20 heavy (non-hydrogen) atoms. The van der Waals surface area contributed by atoms with Crippen molar-refractivity contribution in [3.05, 3.63) is 38.9 Å². The first-order chi connectivity index (χ1) is 9.32. The molecule has 6 nitrogen and oxygen atoms in total. The third-order valence-corrected chi connectivity index (χ3v) is 3.94. The van der Waals surface area contributed by atoms with Gasteiger partial charge in [-0.2, -0.15) is 0 Å². The molecule has 1 saturated heterocycles. The standard InChI is InChI=1S/C13H15ClN2O4/c1-13(12(17)18)4-5-15(8-13)7-9-6-10(14)2-3-11(9)16(19)20/h2-3,6H,4-5,7-8H2,1H3,(H,17,18). The van der Waals surface area contributed by atoms with E-state index in [0.717, 1.165) is 0 Å². The number of carboxylic acid groups (broad SMARTS) is 1. The number of halogens is 1. The number of aliphatic carboxylic acids is 1. The number of carbonyl (C=O) groups is 1. The van der Waals surface area contributed by atoms with Crippen LogP contribution in [0, 0.1) is 15.5 Å². The molecule has 0 bridgehead atoms. The molecular formula is C13H15ClN2O4. The Bertz CT molecular complexity index is 563. The number of likely N-dealkylation sites (tertiary alicyclic amines) is 1. The molecule has 1 heterocycles. The molecule has 0 aromatic heterocycles. The molecule has 1 fully saturated rings. The van der Waals surface area contributed by atoms with Crippen LogP contribution in [0.3, 0.4) is 0 Å². The first kappa shape index (κ1) is 14.7. The van der Waals surface area contributed by atoms with Crippen molar-refractivity contribution in [3.8, 4) is 0 Å². The Morgan fingerprint density at radius 3 is 2.85 bits per heavy atom. The Morgan fingerprint density at radius 2 is 2.30 bits per heavy atom. The number of hydrogen-bond acceptors (Lipinski definition) is 4. The van der Waals surface area contributed by atoms with Crippen molar-refractivity contribution in [1.29, 1.82) is 0 Å². The minimum Gasteiger partial charge on any atom is -0.481 e. The van der Waals surface area contributed by atoms with Crippen LogP contribution in [0.1, 0.15) is 18.9 Å². The third-order valence-electron chi connectivity index (χ3n) is 3.70. The van der Waals surface area contributed by atoms with Gasteiger partial charge < -0.3 is 5.11 Å². The van der Waals surface area contributed by atoms with E-state index < -0.39 is 16.3 Å². The van der Waals surface area contributed by atoms with Gasteiger partial charge in [-0.25, -0.2) is 0 Å². The first-order valence-electron chi connectivity index (χ1n) is 6.20. The van der Waals surface area contributed by atoms with Crippen molar-refractivity contribution >= 4 is 23.3 Å². The van der Waals surface area contributed by atoms with Gasteiger partial charge in [0.15, 0.2) is 0 Å². The van der Waals surface area contributed by atoms with Gasteiger partial charge in [0, 0.05) is 29.7 Å². The van der Waals surface area contributed by atoms with E-state index in [2.05, 4.69) is 0 Å². The zero-order valence-electron chi connectivity index (χ0n) is 11.0. The fourth-order valence-electron chi connectivity index (χ4n) is 2.47. The lowest BCUT2D eigenvalue weighted by molar-refractivity contribution is -0.385. The molecule has 0 amide bonds. The second-order valence-corrected chi connectivity index (χ2v) is 5.79. The van der Waals surface area contributed by atoms with E-state index in [1.54, 1.807) is 13.0 Å². The van der Waals surface area contributed by atoms with E-state index in [0.29, 0.717) is 36.6 Å². The molecule has 0 spiro atoms. The van der Waals surface area contributed by atoms with Gasteiger partial charge in [0.05, 0.1) is 10.3 Å². The van der Waals surface area contributed by atoms with Gasteiger partial charge in [-0.05, 0) is 32.0 Å². The SMILES string of the molecule is CC1(C(=O)O)CCN(Cc2cc(Cl)ccc2[N+](=O)[O-])C1. The minimum absolute atomic E-state index is 0.0123. The van der Waals surface area contributed by atoms with E-state index in [-0.39, 0.29) is 5.69 Å². The van der Waals surface area contributed by atoms with Crippen LogP contribution in [0.2, 0.25) is 5.02 Å². The quantitative estimate of drug-likeness (QED) is 0.682. The summed E-state index contributed by atoms with van der Waals surface area (Å²) in [7, 11) is 0. The number of hydrogen-bond donors (Lipinski definition) is 1. The lowest BCUT2D eigenvalue weighted by atomic mass is 9.90. The second kappa shape index (κ2) is 5.38. The number of nitrogens with zero attached hydrogens (tertiary/aromatic N) is 2. The van der Waals surface area contributed by atoms with E-state index in [1.807, 2.05) is 4.90 Å². The number of rotatable bonds is 4. The Hall–Kier alpha value is -1.66. The zero-order chi connectivity index (χ0) is 14.9. The van der Waals surface area contributed by atoms with Crippen LogP contribution >= 0.6 is 11.6 Å². The minimum atomic E-state index is -0.833. The Kier molecular flexibility index (Phi) is 3.96. The van der Waals surface area contributed by atoms with Gasteiger partial charge >= 0.3 is 5.97 Å². The van der Waals surface area contributed by atoms with Crippen molar-refractivity contribution in [3.63, 3.8) is 0 Å². The van der Waals surface area contributed by atoms with Crippen molar-refractivity contribution in [2.75, 3.05) is 13.1 Å². The monoisotopic (exact) mass is 298 g/mol. The summed E-state index contributed by atoms with van der Waals surface area (Å²) in [5.41, 5.74) is -0.261. The second-order valence-electron chi connectivity index (χ2n) is 5.36. The van der Waals surface area contributed by atoms with Crippen LogP contribution in [-0.4, -0.2) is 34.0 Å². The van der Waals surface area contributed by atoms with Crippen molar-refractivity contribution in [1.82, 2.24) is 4.90 Å². The number of nitro groups is 1. The molecule has 1 aliphatic heterocycles. The molecule has 1 atom stereocenters. The Balaban J connectivity index is 2.18. The fourth-order valence-corrected chi connectivity index (χ4v) is 2.66. The van der Waals surface area contributed by atoms with E-state index >= 15 is 0 Å². The van der Waals surface area contributed by atoms with E-state index in [9.17, 15) is 20.0 Å². The molecule has 0 saturated carbocycles. The molecule has 1 N–H and O–H groups in total. The van der Waals surface area contributed by atoms with E-state index in [1.165, 1.54) is 12.1 Å². The highest BCUT2D eigenvalue weighted by Gasteiger charge is 2.40. The van der Waals surface area contributed by atoms with E-state index in [4.69, 9.17) is 11.6 Å². The largest absolute Gasteiger partial charge is 0.481 e. The highest BCUT2D eigenvalue weighted by molar-refractivity contribution is 6.30. The van der Waals surface area contributed by atoms with Gasteiger partial charge in [-0.3, -0.25) is 19.8 Å². The van der Waals surface area contributed by atoms with Crippen LogP contribution in [0.5, 0.6) is 0 Å². The number of benzene rings is 1. The normalized spacial score (nSPS) is 22.9. The summed E-state index contributed by atoms with van der Waals surface area (Å²) in [6.45, 7) is 3.01. The average Bonchev–Trinajstić information content (AvgIpc) is 2.72. The third kappa shape index (κ3) is 2.91. The molecule has 7 heteroatoms. The van der Waals surface area contributed by atoms with Gasteiger partial charge in [-0.15, -0.1) is 0 Å². The summed E-state index contributed by atoms with van der Waals surface area (Å²) in [5.74, 6) is -0.833. The predicted molar refractivity (Wildman–Crippen MR) is 73.7 cm³/mol. The maximum atomic E-state index is 11.2. The summed E-state index contributed by atoms with van der Waals surface area (Å²) in [6.07, 6.45) is 0.538. The molecule has 1 aromatic carbocycles. The van der Waals surface area contributed by atoms with Gasteiger partial charge in [-0.1, -0.05) is 11.6 Å². The fraction of sp³-hybridized carbons (Fsp3) is 0.462. The lowest BCUT2D eigenvalue weighted by Crippen LogP contribution is -2.31. The predicted octanol–water partition coefficient (Wildman–Crippen LogP) is 2.54. The maximum Gasteiger partial charge on any atom is 0.310 e. The van der Waals surface area contributed by atoms with Crippen molar-refractivity contribution in [2.24, 2.45) is 5.41 Å².